The third kappa shape index (κ3) is 1.27. The Morgan fingerprint density at radius 2 is 1.14 bits per heavy atom. The van der Waals surface area contributed by atoms with Gasteiger partial charge in [0.05, 0.1) is 11.6 Å². The molecule has 0 atom stereocenters. The summed E-state index contributed by atoms with van der Waals surface area (Å²) in [5.41, 5.74) is 0.752. The van der Waals surface area contributed by atoms with Gasteiger partial charge in [-0.15, -0.1) is 0 Å². The lowest BCUT2D eigenvalue weighted by Gasteiger charge is -2.14. The van der Waals surface area contributed by atoms with Crippen molar-refractivity contribution in [3.63, 3.8) is 0 Å². The van der Waals surface area contributed by atoms with Gasteiger partial charge in [0.25, 0.3) is 0 Å². The largest absolute Gasteiger partial charge is 0.192 e. The lowest BCUT2D eigenvalue weighted by atomic mass is 9.88. The lowest BCUT2D eigenvalue weighted by molar-refractivity contribution is 1.51. The van der Waals surface area contributed by atoms with E-state index in [9.17, 15) is 5.26 Å². The minimum absolute atomic E-state index is 0.752. The Morgan fingerprint density at radius 3 is 1.82 bits per heavy atom. The maximum Gasteiger partial charge on any atom is 0.0998 e. The molecule has 0 saturated carbocycles. The van der Waals surface area contributed by atoms with Gasteiger partial charge in [-0.05, 0) is 43.8 Å². The van der Waals surface area contributed by atoms with E-state index in [0.29, 0.717) is 0 Å². The smallest absolute Gasteiger partial charge is 0.0998 e. The highest BCUT2D eigenvalue weighted by atomic mass is 14.3. The highest BCUT2D eigenvalue weighted by Crippen LogP contribution is 2.41. The molecule has 0 fully saturated rings. The van der Waals surface area contributed by atoms with E-state index in [1.54, 1.807) is 0 Å². The van der Waals surface area contributed by atoms with Crippen LogP contribution >= 0.6 is 0 Å². The van der Waals surface area contributed by atoms with Gasteiger partial charge in [0.15, 0.2) is 0 Å². The van der Waals surface area contributed by atoms with Crippen molar-refractivity contribution in [1.82, 2.24) is 0 Å². The summed E-state index contributed by atoms with van der Waals surface area (Å²) >= 11 is 0. The van der Waals surface area contributed by atoms with Crippen LogP contribution < -0.4 is 0 Å². The molecule has 0 radical (unpaired) electrons. The molecule has 0 saturated heterocycles. The standard InChI is InChI=1S/C21H11N/c22-12-15-11-10-14-6-2-8-17-16-7-1-4-13-5-3-9-18(19(13)16)21(15)20(14)17/h1-11H. The third-order valence-corrected chi connectivity index (χ3v) is 4.63. The zero-order valence-corrected chi connectivity index (χ0v) is 11.8. The van der Waals surface area contributed by atoms with Crippen LogP contribution in [0.5, 0.6) is 0 Å². The Hall–Kier alpha value is -3.11. The first-order valence-corrected chi connectivity index (χ1v) is 7.37. The Morgan fingerprint density at radius 1 is 0.545 bits per heavy atom. The summed E-state index contributed by atoms with van der Waals surface area (Å²) in [4.78, 5) is 0. The van der Waals surface area contributed by atoms with Crippen LogP contribution in [0.2, 0.25) is 0 Å². The van der Waals surface area contributed by atoms with Crippen LogP contribution in [0.25, 0.3) is 43.1 Å². The van der Waals surface area contributed by atoms with Gasteiger partial charge >= 0.3 is 0 Å². The average molecular weight is 277 g/mol. The molecule has 22 heavy (non-hydrogen) atoms. The molecular formula is C21H11N. The van der Waals surface area contributed by atoms with E-state index in [4.69, 9.17) is 0 Å². The molecule has 0 N–H and O–H groups in total. The monoisotopic (exact) mass is 277 g/mol. The average Bonchev–Trinajstić information content (AvgIpc) is 2.59. The molecule has 1 heteroatoms. The number of rotatable bonds is 0. The van der Waals surface area contributed by atoms with E-state index in [1.807, 2.05) is 6.07 Å². The number of benzene rings is 5. The maximum absolute atomic E-state index is 9.58. The summed E-state index contributed by atoms with van der Waals surface area (Å²) in [5, 5.41) is 19.2. The van der Waals surface area contributed by atoms with Gasteiger partial charge in [0, 0.05) is 5.39 Å². The topological polar surface area (TPSA) is 23.8 Å². The molecule has 0 heterocycles. The summed E-state index contributed by atoms with van der Waals surface area (Å²) in [5.74, 6) is 0. The van der Waals surface area contributed by atoms with E-state index in [2.05, 4.69) is 66.7 Å². The second kappa shape index (κ2) is 3.96. The zero-order chi connectivity index (χ0) is 14.7. The van der Waals surface area contributed by atoms with E-state index in [0.717, 1.165) is 10.9 Å². The highest BCUT2D eigenvalue weighted by Gasteiger charge is 2.14. The van der Waals surface area contributed by atoms with Gasteiger partial charge in [-0.1, -0.05) is 60.7 Å². The zero-order valence-electron chi connectivity index (χ0n) is 11.8. The van der Waals surface area contributed by atoms with Gasteiger partial charge < -0.3 is 0 Å². The van der Waals surface area contributed by atoms with E-state index in [1.165, 1.54) is 37.7 Å². The van der Waals surface area contributed by atoms with Crippen molar-refractivity contribution in [2.75, 3.05) is 0 Å². The van der Waals surface area contributed by atoms with E-state index >= 15 is 0 Å². The highest BCUT2D eigenvalue weighted by molar-refractivity contribution is 6.33. The van der Waals surface area contributed by atoms with Gasteiger partial charge in [0.1, 0.15) is 0 Å². The molecule has 0 aliphatic carbocycles. The summed E-state index contributed by atoms with van der Waals surface area (Å²) in [6, 6.07) is 25.5. The van der Waals surface area contributed by atoms with Crippen molar-refractivity contribution in [1.29, 1.82) is 5.26 Å². The fourth-order valence-electron chi connectivity index (χ4n) is 3.75. The van der Waals surface area contributed by atoms with Crippen molar-refractivity contribution in [2.24, 2.45) is 0 Å². The minimum atomic E-state index is 0.752. The van der Waals surface area contributed by atoms with Crippen LogP contribution in [0, 0.1) is 11.3 Å². The Kier molecular flexibility index (Phi) is 2.08. The second-order valence-corrected chi connectivity index (χ2v) is 5.71. The molecule has 0 spiro atoms. The summed E-state index contributed by atoms with van der Waals surface area (Å²) < 4.78 is 0. The van der Waals surface area contributed by atoms with E-state index < -0.39 is 0 Å². The Balaban J connectivity index is 2.32. The molecule has 0 aliphatic rings. The Bertz CT molecular complexity index is 1220. The van der Waals surface area contributed by atoms with Crippen LogP contribution in [0.3, 0.4) is 0 Å². The van der Waals surface area contributed by atoms with Gasteiger partial charge in [-0.25, -0.2) is 0 Å². The first kappa shape index (κ1) is 11.5. The number of hydrogen-bond acceptors (Lipinski definition) is 1. The number of nitrogens with zero attached hydrogens (tertiary/aromatic N) is 1. The quantitative estimate of drug-likeness (QED) is 0.266. The fraction of sp³-hybridized carbons (Fsp3) is 0. The fourth-order valence-corrected chi connectivity index (χ4v) is 3.75. The van der Waals surface area contributed by atoms with Crippen LogP contribution in [0.15, 0.2) is 66.7 Å². The van der Waals surface area contributed by atoms with E-state index in [-0.39, 0.29) is 0 Å². The normalized spacial score (nSPS) is 11.6. The molecule has 0 unspecified atom stereocenters. The summed E-state index contributed by atoms with van der Waals surface area (Å²) in [6.07, 6.45) is 0. The van der Waals surface area contributed by atoms with Crippen molar-refractivity contribution < 1.29 is 0 Å². The molecule has 100 valence electrons. The van der Waals surface area contributed by atoms with Crippen LogP contribution in [0.1, 0.15) is 5.56 Å². The minimum Gasteiger partial charge on any atom is -0.192 e. The molecule has 5 rings (SSSR count). The first-order valence-electron chi connectivity index (χ1n) is 7.37. The lowest BCUT2D eigenvalue weighted by Crippen LogP contribution is -1.89. The van der Waals surface area contributed by atoms with Gasteiger partial charge in [-0.3, -0.25) is 0 Å². The summed E-state index contributed by atoms with van der Waals surface area (Å²) in [7, 11) is 0. The third-order valence-electron chi connectivity index (χ3n) is 4.63. The Labute approximate surface area is 127 Å². The molecule has 0 amide bonds. The maximum atomic E-state index is 9.58. The predicted octanol–water partition coefficient (Wildman–Crippen LogP) is 5.61. The predicted molar refractivity (Wildman–Crippen MR) is 92.4 cm³/mol. The molecule has 0 aromatic heterocycles. The van der Waals surface area contributed by atoms with Crippen LogP contribution in [-0.4, -0.2) is 0 Å². The molecule has 0 bridgehead atoms. The second-order valence-electron chi connectivity index (χ2n) is 5.71. The van der Waals surface area contributed by atoms with Crippen molar-refractivity contribution >= 4 is 43.1 Å². The van der Waals surface area contributed by atoms with Crippen molar-refractivity contribution in [2.45, 2.75) is 0 Å². The van der Waals surface area contributed by atoms with Crippen molar-refractivity contribution in [3.8, 4) is 6.07 Å². The van der Waals surface area contributed by atoms with Crippen molar-refractivity contribution in [3.05, 3.63) is 72.3 Å². The summed E-state index contributed by atoms with van der Waals surface area (Å²) in [6.45, 7) is 0. The first-order chi connectivity index (χ1) is 10.9. The molecular weight excluding hydrogens is 266 g/mol. The molecule has 1 nitrogen and oxygen atoms in total. The SMILES string of the molecule is N#Cc1ccc2cccc3c4cccc5cccc(c1c23)c54. The number of hydrogen-bond donors (Lipinski definition) is 0. The molecule has 5 aromatic rings. The van der Waals surface area contributed by atoms with Gasteiger partial charge in [-0.2, -0.15) is 5.26 Å². The van der Waals surface area contributed by atoms with Gasteiger partial charge in [0.2, 0.25) is 0 Å². The molecule has 5 aromatic carbocycles. The van der Waals surface area contributed by atoms with Crippen LogP contribution in [-0.2, 0) is 0 Å². The number of nitriles is 1. The molecule has 0 aliphatic heterocycles. The number of fused-ring (bicyclic) bond motifs is 2. The van der Waals surface area contributed by atoms with Crippen LogP contribution in [0.4, 0.5) is 0 Å².